The average molecular weight is 272 g/mol. The first-order valence-electron chi connectivity index (χ1n) is 6.63. The Morgan fingerprint density at radius 3 is 2.25 bits per heavy atom. The van der Waals surface area contributed by atoms with Crippen LogP contribution in [-0.4, -0.2) is 17.0 Å². The van der Waals surface area contributed by atoms with Gasteiger partial charge in [0.05, 0.1) is 11.6 Å². The number of hydrogen-bond donors (Lipinski definition) is 2. The van der Waals surface area contributed by atoms with Crippen molar-refractivity contribution >= 4 is 17.6 Å². The van der Waals surface area contributed by atoms with Gasteiger partial charge >= 0.3 is 5.97 Å². The number of nitrogens with zero attached hydrogens (tertiary/aromatic N) is 1. The highest BCUT2D eigenvalue weighted by Gasteiger charge is 2.39. The molecule has 0 heterocycles. The highest BCUT2D eigenvalue weighted by molar-refractivity contribution is 5.97. The van der Waals surface area contributed by atoms with Gasteiger partial charge in [0.1, 0.15) is 5.41 Å². The van der Waals surface area contributed by atoms with Crippen LogP contribution in [0.5, 0.6) is 0 Å². The fourth-order valence-corrected chi connectivity index (χ4v) is 2.49. The van der Waals surface area contributed by atoms with E-state index in [1.54, 1.807) is 0 Å². The highest BCUT2D eigenvalue weighted by atomic mass is 16.4. The molecule has 1 amide bonds. The molecule has 5 nitrogen and oxygen atoms in total. The monoisotopic (exact) mass is 272 g/mol. The summed E-state index contributed by atoms with van der Waals surface area (Å²) in [6.07, 6.45) is 4.01. The van der Waals surface area contributed by atoms with Gasteiger partial charge in [-0.3, -0.25) is 4.79 Å². The topological polar surface area (TPSA) is 90.2 Å². The van der Waals surface area contributed by atoms with Crippen molar-refractivity contribution in [1.29, 1.82) is 5.26 Å². The first kappa shape index (κ1) is 14.1. The summed E-state index contributed by atoms with van der Waals surface area (Å²) < 4.78 is 0. The molecule has 0 saturated heterocycles. The molecular formula is C15H16N2O3. The standard InChI is InChI=1S/C15H16N2O3/c16-10-15(8-2-1-3-9-15)14(20)17-12-6-4-11(5-7-12)13(18)19/h4-7H,1-3,8-9H2,(H,17,20)(H,18,19). The van der Waals surface area contributed by atoms with Gasteiger partial charge in [-0.2, -0.15) is 5.26 Å². The SMILES string of the molecule is N#CC1(C(=O)Nc2ccc(C(=O)O)cc2)CCCCC1. The van der Waals surface area contributed by atoms with E-state index in [0.29, 0.717) is 18.5 Å². The second-order valence-corrected chi connectivity index (χ2v) is 5.09. The Morgan fingerprint density at radius 1 is 1.15 bits per heavy atom. The van der Waals surface area contributed by atoms with Gasteiger partial charge in [0.25, 0.3) is 0 Å². The molecule has 1 aliphatic rings. The molecule has 0 atom stereocenters. The molecule has 0 unspecified atom stereocenters. The fraction of sp³-hybridized carbons (Fsp3) is 0.400. The van der Waals surface area contributed by atoms with Crippen LogP contribution in [0.15, 0.2) is 24.3 Å². The van der Waals surface area contributed by atoms with Gasteiger partial charge in [-0.1, -0.05) is 19.3 Å². The molecular weight excluding hydrogens is 256 g/mol. The molecule has 1 aliphatic carbocycles. The van der Waals surface area contributed by atoms with E-state index in [1.807, 2.05) is 0 Å². The summed E-state index contributed by atoms with van der Waals surface area (Å²) in [5, 5.41) is 20.8. The van der Waals surface area contributed by atoms with Crippen molar-refractivity contribution in [2.24, 2.45) is 5.41 Å². The van der Waals surface area contributed by atoms with Crippen LogP contribution >= 0.6 is 0 Å². The third-order valence-corrected chi connectivity index (χ3v) is 3.75. The summed E-state index contributed by atoms with van der Waals surface area (Å²) in [4.78, 5) is 23.0. The molecule has 0 aliphatic heterocycles. The van der Waals surface area contributed by atoms with E-state index in [0.717, 1.165) is 19.3 Å². The summed E-state index contributed by atoms with van der Waals surface area (Å²) in [6.45, 7) is 0. The highest BCUT2D eigenvalue weighted by Crippen LogP contribution is 2.36. The lowest BCUT2D eigenvalue weighted by atomic mass is 9.74. The van der Waals surface area contributed by atoms with Crippen LogP contribution in [0.3, 0.4) is 0 Å². The van der Waals surface area contributed by atoms with E-state index in [1.165, 1.54) is 24.3 Å². The number of amides is 1. The van der Waals surface area contributed by atoms with E-state index in [-0.39, 0.29) is 11.5 Å². The maximum atomic E-state index is 12.3. The second-order valence-electron chi connectivity index (χ2n) is 5.09. The number of carbonyl (C=O) groups excluding carboxylic acids is 1. The molecule has 2 rings (SSSR count). The number of carboxylic acids is 1. The Labute approximate surface area is 117 Å². The zero-order valence-corrected chi connectivity index (χ0v) is 11.1. The first-order valence-corrected chi connectivity index (χ1v) is 6.63. The Bertz CT molecular complexity index is 551. The minimum atomic E-state index is -1.01. The van der Waals surface area contributed by atoms with Gasteiger partial charge in [0.15, 0.2) is 0 Å². The van der Waals surface area contributed by atoms with Crippen LogP contribution in [0.1, 0.15) is 42.5 Å². The number of nitriles is 1. The number of rotatable bonds is 3. The molecule has 1 aromatic rings. The number of anilines is 1. The van der Waals surface area contributed by atoms with Crippen molar-refractivity contribution < 1.29 is 14.7 Å². The molecule has 0 radical (unpaired) electrons. The number of carboxylic acid groups (broad SMARTS) is 1. The quantitative estimate of drug-likeness (QED) is 0.885. The van der Waals surface area contributed by atoms with Gasteiger partial charge < -0.3 is 10.4 Å². The smallest absolute Gasteiger partial charge is 0.335 e. The Hall–Kier alpha value is -2.35. The number of aromatic carboxylic acids is 1. The summed E-state index contributed by atoms with van der Waals surface area (Å²) in [5.41, 5.74) is -0.264. The largest absolute Gasteiger partial charge is 0.478 e. The zero-order chi connectivity index (χ0) is 14.6. The van der Waals surface area contributed by atoms with Crippen LogP contribution in [0.25, 0.3) is 0 Å². The minimum Gasteiger partial charge on any atom is -0.478 e. The van der Waals surface area contributed by atoms with Crippen molar-refractivity contribution in [2.75, 3.05) is 5.32 Å². The number of benzene rings is 1. The molecule has 0 spiro atoms. The van der Waals surface area contributed by atoms with Crippen LogP contribution < -0.4 is 5.32 Å². The predicted octanol–water partition coefficient (Wildman–Crippen LogP) is 2.80. The number of nitrogens with one attached hydrogen (secondary N) is 1. The Kier molecular flexibility index (Phi) is 4.04. The van der Waals surface area contributed by atoms with Gasteiger partial charge in [-0.15, -0.1) is 0 Å². The van der Waals surface area contributed by atoms with Crippen molar-refractivity contribution in [2.45, 2.75) is 32.1 Å². The molecule has 0 bridgehead atoms. The van der Waals surface area contributed by atoms with Crippen LogP contribution in [0.2, 0.25) is 0 Å². The Morgan fingerprint density at radius 2 is 1.75 bits per heavy atom. The van der Waals surface area contributed by atoms with Crippen molar-refractivity contribution in [3.05, 3.63) is 29.8 Å². The lowest BCUT2D eigenvalue weighted by molar-refractivity contribution is -0.124. The number of carbonyl (C=O) groups is 2. The van der Waals surface area contributed by atoms with Crippen molar-refractivity contribution in [3.8, 4) is 6.07 Å². The third-order valence-electron chi connectivity index (χ3n) is 3.75. The molecule has 5 heteroatoms. The molecule has 20 heavy (non-hydrogen) atoms. The van der Waals surface area contributed by atoms with Crippen molar-refractivity contribution in [1.82, 2.24) is 0 Å². The Balaban J connectivity index is 2.10. The molecule has 1 saturated carbocycles. The van der Waals surface area contributed by atoms with Crippen molar-refractivity contribution in [3.63, 3.8) is 0 Å². The van der Waals surface area contributed by atoms with Crippen LogP contribution in [-0.2, 0) is 4.79 Å². The summed E-state index contributed by atoms with van der Waals surface area (Å²) >= 11 is 0. The summed E-state index contributed by atoms with van der Waals surface area (Å²) in [6, 6.07) is 8.09. The summed E-state index contributed by atoms with van der Waals surface area (Å²) in [7, 11) is 0. The number of hydrogen-bond acceptors (Lipinski definition) is 3. The van der Waals surface area contributed by atoms with E-state index < -0.39 is 11.4 Å². The normalized spacial score (nSPS) is 16.9. The average Bonchev–Trinajstić information content (AvgIpc) is 2.48. The molecule has 0 aromatic heterocycles. The van der Waals surface area contributed by atoms with E-state index >= 15 is 0 Å². The molecule has 104 valence electrons. The zero-order valence-electron chi connectivity index (χ0n) is 11.1. The molecule has 1 fully saturated rings. The third kappa shape index (κ3) is 2.80. The first-order chi connectivity index (χ1) is 9.57. The van der Waals surface area contributed by atoms with E-state index in [4.69, 9.17) is 5.11 Å². The van der Waals surface area contributed by atoms with Gasteiger partial charge in [0, 0.05) is 5.69 Å². The lowest BCUT2D eigenvalue weighted by Gasteiger charge is -2.29. The maximum absolute atomic E-state index is 12.3. The lowest BCUT2D eigenvalue weighted by Crippen LogP contribution is -2.36. The predicted molar refractivity (Wildman–Crippen MR) is 73.2 cm³/mol. The van der Waals surface area contributed by atoms with Gasteiger partial charge in [-0.05, 0) is 37.1 Å². The molecule has 1 aromatic carbocycles. The fourth-order valence-electron chi connectivity index (χ4n) is 2.49. The molecule has 2 N–H and O–H groups in total. The summed E-state index contributed by atoms with van der Waals surface area (Å²) in [5.74, 6) is -1.30. The van der Waals surface area contributed by atoms with Gasteiger partial charge in [-0.25, -0.2) is 4.79 Å². The van der Waals surface area contributed by atoms with E-state index in [2.05, 4.69) is 11.4 Å². The van der Waals surface area contributed by atoms with E-state index in [9.17, 15) is 14.9 Å². The maximum Gasteiger partial charge on any atom is 0.335 e. The second kappa shape index (κ2) is 5.74. The van der Waals surface area contributed by atoms with Crippen LogP contribution in [0.4, 0.5) is 5.69 Å². The van der Waals surface area contributed by atoms with Gasteiger partial charge in [0.2, 0.25) is 5.91 Å². The minimum absolute atomic E-state index is 0.163. The van der Waals surface area contributed by atoms with Crippen LogP contribution in [0, 0.1) is 16.7 Å².